The van der Waals surface area contributed by atoms with E-state index < -0.39 is 12.1 Å². The van der Waals surface area contributed by atoms with Crippen LogP contribution in [0, 0.1) is 5.82 Å². The number of aromatic amines is 1. The highest BCUT2D eigenvalue weighted by atomic mass is 19.4. The third kappa shape index (κ3) is 6.78. The Balaban J connectivity index is 0.000000448. The molecule has 39 heavy (non-hydrogen) atoms. The van der Waals surface area contributed by atoms with E-state index in [2.05, 4.69) is 15.1 Å². The van der Waals surface area contributed by atoms with Crippen LogP contribution in [0.3, 0.4) is 0 Å². The second-order valence-electron chi connectivity index (χ2n) is 9.05. The average molecular weight is 548 g/mol. The Hall–Kier alpha value is -4.29. The summed E-state index contributed by atoms with van der Waals surface area (Å²) >= 11 is 0. The van der Waals surface area contributed by atoms with Crippen molar-refractivity contribution in [2.24, 2.45) is 0 Å². The summed E-state index contributed by atoms with van der Waals surface area (Å²) in [5.41, 5.74) is 1.87. The van der Waals surface area contributed by atoms with E-state index in [9.17, 15) is 27.2 Å². The number of fused-ring (bicyclic) bond motifs is 2. The molecule has 0 bridgehead atoms. The minimum absolute atomic E-state index is 0.0997. The van der Waals surface area contributed by atoms with Gasteiger partial charge in [-0.2, -0.15) is 13.2 Å². The van der Waals surface area contributed by atoms with Crippen molar-refractivity contribution in [1.29, 1.82) is 0 Å². The largest absolute Gasteiger partial charge is 0.490 e. The highest BCUT2D eigenvalue weighted by Gasteiger charge is 2.38. The van der Waals surface area contributed by atoms with Gasteiger partial charge in [-0.05, 0) is 49.6 Å². The van der Waals surface area contributed by atoms with Gasteiger partial charge < -0.3 is 19.5 Å². The van der Waals surface area contributed by atoms with Crippen LogP contribution in [0.25, 0.3) is 21.9 Å². The second kappa shape index (κ2) is 11.6. The van der Waals surface area contributed by atoms with Gasteiger partial charge in [0.1, 0.15) is 11.6 Å². The molecule has 1 fully saturated rings. The first-order chi connectivity index (χ1) is 18.5. The lowest BCUT2D eigenvalue weighted by atomic mass is 9.91. The summed E-state index contributed by atoms with van der Waals surface area (Å²) in [5, 5.41) is 12.6. The molecule has 1 aliphatic rings. The first-order valence-electron chi connectivity index (χ1n) is 12.1. The molecule has 3 heterocycles. The van der Waals surface area contributed by atoms with Gasteiger partial charge in [0.25, 0.3) is 5.56 Å². The number of benzene rings is 2. The summed E-state index contributed by atoms with van der Waals surface area (Å²) in [6.07, 6.45) is -1.99. The molecule has 0 spiro atoms. The molecule has 1 amide bonds. The minimum atomic E-state index is -5.08. The molecule has 1 saturated heterocycles. The fraction of sp³-hybridized carbons (Fsp3) is 0.346. The molecule has 1 aliphatic heterocycles. The maximum Gasteiger partial charge on any atom is 0.490 e. The van der Waals surface area contributed by atoms with Crippen molar-refractivity contribution in [3.05, 3.63) is 70.2 Å². The average Bonchev–Trinajstić information content (AvgIpc) is 3.31. The van der Waals surface area contributed by atoms with Gasteiger partial charge in [0, 0.05) is 37.2 Å². The van der Waals surface area contributed by atoms with Gasteiger partial charge in [0.2, 0.25) is 5.91 Å². The zero-order chi connectivity index (χ0) is 28.2. The van der Waals surface area contributed by atoms with Gasteiger partial charge in [-0.1, -0.05) is 17.3 Å². The first-order valence-corrected chi connectivity index (χ1v) is 12.1. The van der Waals surface area contributed by atoms with E-state index in [4.69, 9.17) is 14.4 Å². The molecule has 206 valence electrons. The highest BCUT2D eigenvalue weighted by molar-refractivity contribution is 5.80. The van der Waals surface area contributed by atoms with Crippen LogP contribution < -0.4 is 5.56 Å². The van der Waals surface area contributed by atoms with Crippen molar-refractivity contribution >= 4 is 33.7 Å². The molecular formula is C26H24F4N4O5. The minimum Gasteiger partial charge on any atom is -0.475 e. The number of para-hydroxylation sites is 1. The number of aryl methyl sites for hydroxylation is 1. The number of nitrogens with one attached hydrogen (secondary N) is 1. The second-order valence-corrected chi connectivity index (χ2v) is 9.05. The number of carboxylic acids is 1. The Morgan fingerprint density at radius 3 is 2.49 bits per heavy atom. The topological polar surface area (TPSA) is 129 Å². The molecule has 0 atom stereocenters. The first kappa shape index (κ1) is 27.7. The van der Waals surface area contributed by atoms with E-state index in [1.54, 1.807) is 12.1 Å². The number of nitrogens with zero attached hydrogens (tertiary/aromatic N) is 3. The van der Waals surface area contributed by atoms with Gasteiger partial charge in [0.15, 0.2) is 5.58 Å². The number of hydrogen-bond acceptors (Lipinski definition) is 6. The Kier molecular flexibility index (Phi) is 8.27. The number of H-pyrrole nitrogens is 1. The SMILES string of the molecule is O=C(CCCc1nc2ccccc2c(=O)[nH]1)N1CCC(c2noc3ccc(F)cc23)CC1.O=C(O)C(F)(F)F. The van der Waals surface area contributed by atoms with Crippen molar-refractivity contribution in [1.82, 2.24) is 20.0 Å². The quantitative estimate of drug-likeness (QED) is 0.350. The van der Waals surface area contributed by atoms with Gasteiger partial charge in [0.05, 0.1) is 16.6 Å². The number of aliphatic carboxylic acids is 1. The van der Waals surface area contributed by atoms with Crippen LogP contribution in [0.2, 0.25) is 0 Å². The Morgan fingerprint density at radius 1 is 1.10 bits per heavy atom. The summed E-state index contributed by atoms with van der Waals surface area (Å²) < 4.78 is 50.7. The number of piperidine rings is 1. The van der Waals surface area contributed by atoms with Gasteiger partial charge in [-0.3, -0.25) is 9.59 Å². The maximum absolute atomic E-state index is 13.6. The molecule has 2 N–H and O–H groups in total. The molecule has 0 saturated carbocycles. The molecule has 0 unspecified atom stereocenters. The van der Waals surface area contributed by atoms with Crippen LogP contribution in [-0.4, -0.2) is 56.3 Å². The van der Waals surface area contributed by atoms with Gasteiger partial charge in [-0.15, -0.1) is 0 Å². The highest BCUT2D eigenvalue weighted by Crippen LogP contribution is 2.33. The summed E-state index contributed by atoms with van der Waals surface area (Å²) in [6, 6.07) is 11.6. The monoisotopic (exact) mass is 548 g/mol. The number of amides is 1. The van der Waals surface area contributed by atoms with E-state index >= 15 is 0 Å². The number of carboxylic acid groups (broad SMARTS) is 1. The summed E-state index contributed by atoms with van der Waals surface area (Å²) in [5.74, 6) is -2.22. The number of rotatable bonds is 5. The predicted molar refractivity (Wildman–Crippen MR) is 132 cm³/mol. The van der Waals surface area contributed by atoms with E-state index in [0.717, 1.165) is 18.5 Å². The van der Waals surface area contributed by atoms with Crippen molar-refractivity contribution in [2.75, 3.05) is 13.1 Å². The number of likely N-dealkylation sites (tertiary alicyclic amines) is 1. The van der Waals surface area contributed by atoms with Crippen LogP contribution in [0.5, 0.6) is 0 Å². The summed E-state index contributed by atoms with van der Waals surface area (Å²) in [4.78, 5) is 42.9. The third-order valence-electron chi connectivity index (χ3n) is 6.40. The Morgan fingerprint density at radius 2 is 1.79 bits per heavy atom. The predicted octanol–water partition coefficient (Wildman–Crippen LogP) is 4.57. The van der Waals surface area contributed by atoms with Crippen molar-refractivity contribution in [3.8, 4) is 0 Å². The lowest BCUT2D eigenvalue weighted by molar-refractivity contribution is -0.192. The van der Waals surface area contributed by atoms with Crippen molar-refractivity contribution < 1.29 is 36.8 Å². The number of carbonyl (C=O) groups excluding carboxylic acids is 1. The molecule has 0 aliphatic carbocycles. The Bertz CT molecular complexity index is 1540. The smallest absolute Gasteiger partial charge is 0.475 e. The van der Waals surface area contributed by atoms with Crippen LogP contribution >= 0.6 is 0 Å². The van der Waals surface area contributed by atoms with E-state index in [1.807, 2.05) is 23.1 Å². The molecular weight excluding hydrogens is 524 g/mol. The summed E-state index contributed by atoms with van der Waals surface area (Å²) in [6.45, 7) is 1.27. The number of carbonyl (C=O) groups is 2. The number of halogens is 4. The molecule has 2 aromatic heterocycles. The van der Waals surface area contributed by atoms with Gasteiger partial charge >= 0.3 is 12.1 Å². The lowest BCUT2D eigenvalue weighted by Gasteiger charge is -2.31. The number of hydrogen-bond donors (Lipinski definition) is 2. The standard InChI is InChI=1S/C24H23FN4O3.C2HF3O2/c25-16-8-9-20-18(14-16)23(28-32-20)15-10-12-29(13-11-15)22(30)7-3-6-21-26-19-5-2-1-4-17(19)24(31)27-21;3-2(4,5)1(6)7/h1-2,4-5,8-9,14-15H,3,6-7,10-13H2,(H,26,27,31);(H,6,7). The van der Waals surface area contributed by atoms with Crippen LogP contribution in [0.4, 0.5) is 17.6 Å². The lowest BCUT2D eigenvalue weighted by Crippen LogP contribution is -2.37. The molecule has 2 aromatic carbocycles. The fourth-order valence-corrected chi connectivity index (χ4v) is 4.44. The van der Waals surface area contributed by atoms with E-state index in [-0.39, 0.29) is 23.2 Å². The van der Waals surface area contributed by atoms with Crippen molar-refractivity contribution in [2.45, 2.75) is 44.2 Å². The van der Waals surface area contributed by atoms with E-state index in [0.29, 0.717) is 60.0 Å². The molecule has 13 heteroatoms. The van der Waals surface area contributed by atoms with E-state index in [1.165, 1.54) is 12.1 Å². The number of alkyl halides is 3. The number of aromatic nitrogens is 3. The van der Waals surface area contributed by atoms with Crippen molar-refractivity contribution in [3.63, 3.8) is 0 Å². The molecule has 0 radical (unpaired) electrons. The molecule has 5 rings (SSSR count). The zero-order valence-corrected chi connectivity index (χ0v) is 20.5. The fourth-order valence-electron chi connectivity index (χ4n) is 4.44. The molecule has 9 nitrogen and oxygen atoms in total. The van der Waals surface area contributed by atoms with Crippen LogP contribution in [0.1, 0.15) is 43.1 Å². The summed E-state index contributed by atoms with van der Waals surface area (Å²) in [7, 11) is 0. The van der Waals surface area contributed by atoms with Gasteiger partial charge in [-0.25, -0.2) is 14.2 Å². The normalized spacial score (nSPS) is 14.3. The Labute approximate surface area is 218 Å². The zero-order valence-electron chi connectivity index (χ0n) is 20.5. The third-order valence-corrected chi connectivity index (χ3v) is 6.40. The van der Waals surface area contributed by atoms with Crippen LogP contribution in [0.15, 0.2) is 51.8 Å². The van der Waals surface area contributed by atoms with Crippen LogP contribution in [-0.2, 0) is 16.0 Å². The molecule has 4 aromatic rings. The maximum atomic E-state index is 13.6.